The largest absolute Gasteiger partial charge is 0.494 e. The molecule has 15 heteroatoms. The fourth-order valence-electron chi connectivity index (χ4n) is 6.97. The third kappa shape index (κ3) is 5.75. The standard InChI is InChI=1S/C34H37BClF3N6O4/c1-18-28(29-27(31(47)44-16-19(14-37)17-44)30-42-25(36)13-26(46)45(30)43-29)40-15-24(41-18)20-6-7-22(12-20)34(38,39)21-8-10-23(11-9-21)35-48-32(2,3)33(4,5)49-35/h8-11,13,15,19-20,22,43H,6-7,12,14,16-17H2,1-5H3. The van der Waals surface area contributed by atoms with Gasteiger partial charge in [-0.1, -0.05) is 35.9 Å². The zero-order chi connectivity index (χ0) is 35.0. The first-order valence-corrected chi connectivity index (χ1v) is 16.8. The van der Waals surface area contributed by atoms with Crippen LogP contribution in [0.15, 0.2) is 41.3 Å². The Kier molecular flexibility index (Phi) is 8.22. The SMILES string of the molecule is Cc1nc(C2CCC(C(F)(F)c3ccc(B4OC(C)(C)C(C)(C)O4)cc3)C2)cnc1-c1[nH]n2c(=O)cc(Cl)nc2c1C(=O)N1CC(CF)C1. The number of carbonyl (C=O) groups is 1. The van der Waals surface area contributed by atoms with Gasteiger partial charge < -0.3 is 14.2 Å². The molecule has 0 radical (unpaired) electrons. The molecule has 3 fully saturated rings. The van der Waals surface area contributed by atoms with Crippen LogP contribution in [0.3, 0.4) is 0 Å². The smallest absolute Gasteiger partial charge is 0.399 e. The van der Waals surface area contributed by atoms with E-state index in [1.807, 2.05) is 27.7 Å². The zero-order valence-electron chi connectivity index (χ0n) is 27.9. The molecule has 1 amide bonds. The van der Waals surface area contributed by atoms with Gasteiger partial charge in [0.15, 0.2) is 5.65 Å². The molecular weight excluding hydrogens is 660 g/mol. The first-order valence-electron chi connectivity index (χ1n) is 16.4. The van der Waals surface area contributed by atoms with E-state index in [1.165, 1.54) is 17.0 Å². The molecule has 3 aromatic heterocycles. The highest BCUT2D eigenvalue weighted by molar-refractivity contribution is 6.62. The second-order valence-electron chi connectivity index (χ2n) is 14.4. The number of benzene rings is 1. The van der Waals surface area contributed by atoms with Crippen molar-refractivity contribution in [2.24, 2.45) is 11.8 Å². The summed E-state index contributed by atoms with van der Waals surface area (Å²) in [7, 11) is -0.633. The number of aryl methyl sites for hydroxylation is 1. The molecule has 4 aromatic rings. The van der Waals surface area contributed by atoms with Gasteiger partial charge in [-0.3, -0.25) is 29.0 Å². The van der Waals surface area contributed by atoms with E-state index in [9.17, 15) is 14.0 Å². The van der Waals surface area contributed by atoms with Crippen LogP contribution in [0.1, 0.15) is 80.2 Å². The molecule has 1 saturated carbocycles. The van der Waals surface area contributed by atoms with Crippen molar-refractivity contribution in [1.29, 1.82) is 0 Å². The molecule has 0 spiro atoms. The van der Waals surface area contributed by atoms with E-state index in [0.717, 1.165) is 10.6 Å². The average Bonchev–Trinajstić information content (AvgIpc) is 3.71. The number of hydrogen-bond acceptors (Lipinski definition) is 7. The summed E-state index contributed by atoms with van der Waals surface area (Å²) in [6.07, 6.45) is 2.58. The molecule has 258 valence electrons. The lowest BCUT2D eigenvalue weighted by Crippen LogP contribution is -2.50. The Bertz CT molecular complexity index is 1980. The second-order valence-corrected chi connectivity index (χ2v) is 14.8. The van der Waals surface area contributed by atoms with Gasteiger partial charge >= 0.3 is 7.12 Å². The number of hydrogen-bond donors (Lipinski definition) is 1. The number of H-pyrrole nitrogens is 1. The fourth-order valence-corrected chi connectivity index (χ4v) is 7.15. The van der Waals surface area contributed by atoms with Crippen LogP contribution in [0.25, 0.3) is 17.0 Å². The van der Waals surface area contributed by atoms with Crippen LogP contribution in [0.4, 0.5) is 13.2 Å². The normalized spacial score (nSPS) is 22.2. The highest BCUT2D eigenvalue weighted by atomic mass is 35.5. The van der Waals surface area contributed by atoms with Gasteiger partial charge in [0.25, 0.3) is 17.4 Å². The van der Waals surface area contributed by atoms with E-state index < -0.39 is 48.3 Å². The van der Waals surface area contributed by atoms with Crippen LogP contribution in [0.2, 0.25) is 5.15 Å². The molecule has 2 atom stereocenters. The maximum Gasteiger partial charge on any atom is 0.494 e. The maximum absolute atomic E-state index is 15.9. The lowest BCUT2D eigenvalue weighted by atomic mass is 9.78. The van der Waals surface area contributed by atoms with Crippen LogP contribution in [0.5, 0.6) is 0 Å². The summed E-state index contributed by atoms with van der Waals surface area (Å²) >= 11 is 6.08. The number of aromatic amines is 1. The lowest BCUT2D eigenvalue weighted by molar-refractivity contribution is -0.0631. The molecule has 10 nitrogen and oxygen atoms in total. The van der Waals surface area contributed by atoms with Crippen LogP contribution in [-0.4, -0.2) is 73.5 Å². The van der Waals surface area contributed by atoms with Crippen molar-refractivity contribution in [2.45, 2.75) is 76.9 Å². The topological polar surface area (TPSA) is 115 Å². The third-order valence-corrected chi connectivity index (χ3v) is 10.8. The number of nitrogens with zero attached hydrogens (tertiary/aromatic N) is 5. The third-order valence-electron chi connectivity index (χ3n) is 10.6. The number of fused-ring (bicyclic) bond motifs is 1. The summed E-state index contributed by atoms with van der Waals surface area (Å²) < 4.78 is 58.2. The number of likely N-dealkylation sites (tertiary alicyclic amines) is 1. The van der Waals surface area contributed by atoms with Crippen LogP contribution in [0, 0.1) is 18.8 Å². The summed E-state index contributed by atoms with van der Waals surface area (Å²) in [5.41, 5.74) is 0.674. The number of aromatic nitrogens is 5. The first kappa shape index (κ1) is 33.7. The van der Waals surface area contributed by atoms with Gasteiger partial charge in [-0.25, -0.2) is 18.3 Å². The highest BCUT2D eigenvalue weighted by Crippen LogP contribution is 2.49. The Morgan fingerprint density at radius 1 is 1.10 bits per heavy atom. The predicted octanol–water partition coefficient (Wildman–Crippen LogP) is 5.46. The average molecular weight is 697 g/mol. The quantitative estimate of drug-likeness (QED) is 0.202. The lowest BCUT2D eigenvalue weighted by Gasteiger charge is -2.37. The number of carbonyl (C=O) groups excluding carboxylic acids is 1. The monoisotopic (exact) mass is 696 g/mol. The van der Waals surface area contributed by atoms with Crippen LogP contribution < -0.4 is 11.0 Å². The van der Waals surface area contributed by atoms with E-state index in [2.05, 4.69) is 15.1 Å². The Hall–Kier alpha value is -3.75. The number of alkyl halides is 3. The van der Waals surface area contributed by atoms with Crippen LogP contribution >= 0.6 is 11.6 Å². The minimum Gasteiger partial charge on any atom is -0.399 e. The summed E-state index contributed by atoms with van der Waals surface area (Å²) in [5, 5.41) is 2.85. The Labute approximate surface area is 286 Å². The molecule has 5 heterocycles. The van der Waals surface area contributed by atoms with Crippen LogP contribution in [-0.2, 0) is 15.2 Å². The van der Waals surface area contributed by atoms with E-state index in [1.54, 1.807) is 25.3 Å². The van der Waals surface area contributed by atoms with Gasteiger partial charge in [0.1, 0.15) is 16.4 Å². The molecule has 1 N–H and O–H groups in total. The van der Waals surface area contributed by atoms with Crippen molar-refractivity contribution < 1.29 is 27.3 Å². The van der Waals surface area contributed by atoms with Gasteiger partial charge in [-0.2, -0.15) is 0 Å². The summed E-state index contributed by atoms with van der Waals surface area (Å²) in [6, 6.07) is 7.32. The van der Waals surface area contributed by atoms with Crippen molar-refractivity contribution in [3.8, 4) is 11.4 Å². The van der Waals surface area contributed by atoms with Crippen molar-refractivity contribution in [3.05, 3.63) is 74.6 Å². The molecule has 7 rings (SSSR count). The van der Waals surface area contributed by atoms with Gasteiger partial charge in [0.05, 0.1) is 35.0 Å². The molecule has 2 unspecified atom stereocenters. The summed E-state index contributed by atoms with van der Waals surface area (Å²) in [4.78, 5) is 41.4. The van der Waals surface area contributed by atoms with Crippen molar-refractivity contribution in [2.75, 3.05) is 19.8 Å². The summed E-state index contributed by atoms with van der Waals surface area (Å²) in [5.74, 6) is -4.90. The van der Waals surface area contributed by atoms with E-state index >= 15 is 8.78 Å². The molecule has 3 aliphatic rings. The molecule has 1 aliphatic carbocycles. The number of nitrogens with one attached hydrogen (secondary N) is 1. The molecular formula is C34H37BClF3N6O4. The zero-order valence-corrected chi connectivity index (χ0v) is 28.7. The van der Waals surface area contributed by atoms with E-state index in [4.69, 9.17) is 25.9 Å². The van der Waals surface area contributed by atoms with Crippen molar-refractivity contribution in [1.82, 2.24) is 29.5 Å². The molecule has 1 aromatic carbocycles. The van der Waals surface area contributed by atoms with Gasteiger partial charge in [-0.05, 0) is 59.3 Å². The Morgan fingerprint density at radius 2 is 1.78 bits per heavy atom. The van der Waals surface area contributed by atoms with Crippen molar-refractivity contribution in [3.63, 3.8) is 0 Å². The number of halogens is 4. The van der Waals surface area contributed by atoms with E-state index in [-0.39, 0.29) is 59.0 Å². The Balaban J connectivity index is 1.11. The second kappa shape index (κ2) is 11.9. The number of rotatable bonds is 7. The number of amides is 1. The molecule has 49 heavy (non-hydrogen) atoms. The van der Waals surface area contributed by atoms with Gasteiger partial charge in [-0.15, -0.1) is 0 Å². The first-order chi connectivity index (χ1) is 23.1. The minimum absolute atomic E-state index is 0.0244. The van der Waals surface area contributed by atoms with Crippen molar-refractivity contribution >= 4 is 35.7 Å². The van der Waals surface area contributed by atoms with Gasteiger partial charge in [0, 0.05) is 48.7 Å². The Morgan fingerprint density at radius 3 is 2.41 bits per heavy atom. The highest BCUT2D eigenvalue weighted by Gasteiger charge is 2.52. The molecule has 2 saturated heterocycles. The summed E-state index contributed by atoms with van der Waals surface area (Å²) in [6.45, 7) is 9.42. The fraction of sp³-hybridized carbons (Fsp3) is 0.500. The van der Waals surface area contributed by atoms with Gasteiger partial charge in [0.2, 0.25) is 0 Å². The molecule has 0 bridgehead atoms. The molecule has 2 aliphatic heterocycles. The van der Waals surface area contributed by atoms with E-state index in [0.29, 0.717) is 35.4 Å². The minimum atomic E-state index is -3.06. The predicted molar refractivity (Wildman–Crippen MR) is 178 cm³/mol. The maximum atomic E-state index is 15.9.